The summed E-state index contributed by atoms with van der Waals surface area (Å²) in [5.74, 6) is 0.713. The fourth-order valence-corrected chi connectivity index (χ4v) is 5.22. The number of hydrogen-bond donors (Lipinski definition) is 1. The Morgan fingerprint density at radius 2 is 1.79 bits per heavy atom. The Bertz CT molecular complexity index is 1080. The Kier molecular flexibility index (Phi) is 8.93. The number of hydrogen-bond acceptors (Lipinski definition) is 6. The minimum Gasteiger partial charge on any atom is -0.497 e. The SMILES string of the molecule is COc1cccc(COC(C)C(=O)Nc2cc(S(=O)(=O)N3CCCCC3)ccc2OC(C)C)c1. The lowest BCUT2D eigenvalue weighted by molar-refractivity contribution is -0.127. The van der Waals surface area contributed by atoms with Crippen LogP contribution >= 0.6 is 0 Å². The number of ether oxygens (including phenoxy) is 3. The zero-order valence-electron chi connectivity index (χ0n) is 20.2. The first-order valence-corrected chi connectivity index (χ1v) is 13.0. The first-order chi connectivity index (χ1) is 16.2. The summed E-state index contributed by atoms with van der Waals surface area (Å²) in [5, 5.41) is 2.79. The summed E-state index contributed by atoms with van der Waals surface area (Å²) < 4.78 is 44.6. The summed E-state index contributed by atoms with van der Waals surface area (Å²) in [6.45, 7) is 6.61. The normalized spacial score (nSPS) is 15.7. The summed E-state index contributed by atoms with van der Waals surface area (Å²) in [7, 11) is -2.07. The second-order valence-corrected chi connectivity index (χ2v) is 10.5. The van der Waals surface area contributed by atoms with Gasteiger partial charge in [0.05, 0.1) is 30.4 Å². The van der Waals surface area contributed by atoms with Crippen molar-refractivity contribution in [3.8, 4) is 11.5 Å². The molecule has 1 N–H and O–H groups in total. The van der Waals surface area contributed by atoms with E-state index < -0.39 is 22.0 Å². The average Bonchev–Trinajstić information content (AvgIpc) is 2.83. The standard InChI is InChI=1S/C25H34N2O6S/c1-18(2)33-24-12-11-22(34(29,30)27-13-6-5-7-14-27)16-23(24)26-25(28)19(3)32-17-20-9-8-10-21(15-20)31-4/h8-12,15-16,18-19H,5-7,13-14,17H2,1-4H3,(H,26,28). The molecule has 1 aliphatic heterocycles. The van der Waals surface area contributed by atoms with Crippen molar-refractivity contribution in [2.75, 3.05) is 25.5 Å². The lowest BCUT2D eigenvalue weighted by Crippen LogP contribution is -2.35. The predicted molar refractivity (Wildman–Crippen MR) is 131 cm³/mol. The van der Waals surface area contributed by atoms with Gasteiger partial charge in [0.25, 0.3) is 5.91 Å². The number of piperidine rings is 1. The molecule has 2 aromatic carbocycles. The Labute approximate surface area is 202 Å². The van der Waals surface area contributed by atoms with Gasteiger partial charge in [0, 0.05) is 13.1 Å². The smallest absolute Gasteiger partial charge is 0.253 e. The lowest BCUT2D eigenvalue weighted by atomic mass is 10.2. The van der Waals surface area contributed by atoms with Crippen LogP contribution in [0.4, 0.5) is 5.69 Å². The molecule has 1 atom stereocenters. The van der Waals surface area contributed by atoms with E-state index >= 15 is 0 Å². The molecule has 0 bridgehead atoms. The predicted octanol–water partition coefficient (Wildman–Crippen LogP) is 4.20. The molecular formula is C25H34N2O6S. The number of benzene rings is 2. The Morgan fingerprint density at radius 1 is 1.06 bits per heavy atom. The molecule has 186 valence electrons. The van der Waals surface area contributed by atoms with E-state index in [9.17, 15) is 13.2 Å². The molecule has 1 saturated heterocycles. The van der Waals surface area contributed by atoms with E-state index in [1.54, 1.807) is 20.1 Å². The van der Waals surface area contributed by atoms with Crippen molar-refractivity contribution in [1.29, 1.82) is 0 Å². The largest absolute Gasteiger partial charge is 0.497 e. The average molecular weight is 491 g/mol. The third kappa shape index (κ3) is 6.71. The van der Waals surface area contributed by atoms with Crippen molar-refractivity contribution in [3.05, 3.63) is 48.0 Å². The van der Waals surface area contributed by atoms with Crippen LogP contribution in [-0.2, 0) is 26.2 Å². The van der Waals surface area contributed by atoms with Crippen molar-refractivity contribution in [2.45, 2.75) is 63.7 Å². The molecule has 1 aliphatic rings. The fraction of sp³-hybridized carbons (Fsp3) is 0.480. The zero-order chi connectivity index (χ0) is 24.7. The van der Waals surface area contributed by atoms with Gasteiger partial charge < -0.3 is 19.5 Å². The number of nitrogens with zero attached hydrogens (tertiary/aromatic N) is 1. The summed E-state index contributed by atoms with van der Waals surface area (Å²) in [4.78, 5) is 13.0. The number of anilines is 1. The molecule has 1 unspecified atom stereocenters. The number of nitrogens with one attached hydrogen (secondary N) is 1. The second kappa shape index (κ2) is 11.7. The molecule has 3 rings (SSSR count). The zero-order valence-corrected chi connectivity index (χ0v) is 21.1. The van der Waals surface area contributed by atoms with Crippen molar-refractivity contribution in [3.63, 3.8) is 0 Å². The molecule has 9 heteroatoms. The maximum atomic E-state index is 13.1. The van der Waals surface area contributed by atoms with E-state index in [1.165, 1.54) is 16.4 Å². The number of sulfonamides is 1. The maximum Gasteiger partial charge on any atom is 0.253 e. The van der Waals surface area contributed by atoms with Crippen molar-refractivity contribution in [2.24, 2.45) is 0 Å². The van der Waals surface area contributed by atoms with Crippen LogP contribution in [0.15, 0.2) is 47.4 Å². The quantitative estimate of drug-likeness (QED) is 0.536. The van der Waals surface area contributed by atoms with Crippen LogP contribution in [-0.4, -0.2) is 51.0 Å². The van der Waals surface area contributed by atoms with Crippen molar-refractivity contribution < 1.29 is 27.4 Å². The highest BCUT2D eigenvalue weighted by Gasteiger charge is 2.27. The van der Waals surface area contributed by atoms with Gasteiger partial charge in [-0.2, -0.15) is 4.31 Å². The first-order valence-electron chi connectivity index (χ1n) is 11.6. The van der Waals surface area contributed by atoms with Crippen LogP contribution < -0.4 is 14.8 Å². The van der Waals surface area contributed by atoms with E-state index in [-0.39, 0.29) is 17.6 Å². The monoisotopic (exact) mass is 490 g/mol. The molecule has 1 fully saturated rings. The molecule has 1 heterocycles. The number of amides is 1. The number of carbonyl (C=O) groups is 1. The van der Waals surface area contributed by atoms with Crippen LogP contribution in [0.1, 0.15) is 45.6 Å². The molecule has 0 aliphatic carbocycles. The topological polar surface area (TPSA) is 94.2 Å². The highest BCUT2D eigenvalue weighted by atomic mass is 32.2. The van der Waals surface area contributed by atoms with Crippen LogP contribution in [0, 0.1) is 0 Å². The van der Waals surface area contributed by atoms with Crippen LogP contribution in [0.25, 0.3) is 0 Å². The van der Waals surface area contributed by atoms with Gasteiger partial charge in [0.15, 0.2) is 0 Å². The minimum absolute atomic E-state index is 0.130. The van der Waals surface area contributed by atoms with E-state index in [0.29, 0.717) is 30.3 Å². The number of rotatable bonds is 10. The highest BCUT2D eigenvalue weighted by Crippen LogP contribution is 2.31. The highest BCUT2D eigenvalue weighted by molar-refractivity contribution is 7.89. The van der Waals surface area contributed by atoms with E-state index in [1.807, 2.05) is 38.1 Å². The van der Waals surface area contributed by atoms with E-state index in [4.69, 9.17) is 14.2 Å². The van der Waals surface area contributed by atoms with Gasteiger partial charge in [-0.25, -0.2) is 8.42 Å². The Morgan fingerprint density at radius 3 is 2.47 bits per heavy atom. The molecule has 34 heavy (non-hydrogen) atoms. The van der Waals surface area contributed by atoms with Gasteiger partial charge >= 0.3 is 0 Å². The molecule has 0 radical (unpaired) electrons. The minimum atomic E-state index is -3.66. The van der Waals surface area contributed by atoms with Crippen LogP contribution in [0.5, 0.6) is 11.5 Å². The molecule has 8 nitrogen and oxygen atoms in total. The molecule has 0 saturated carbocycles. The fourth-order valence-electron chi connectivity index (χ4n) is 3.67. The van der Waals surface area contributed by atoms with E-state index in [2.05, 4.69) is 5.32 Å². The van der Waals surface area contributed by atoms with Gasteiger partial charge in [-0.05, 0) is 69.5 Å². The molecule has 0 aromatic heterocycles. The van der Waals surface area contributed by atoms with Crippen molar-refractivity contribution in [1.82, 2.24) is 4.31 Å². The lowest BCUT2D eigenvalue weighted by Gasteiger charge is -2.26. The van der Waals surface area contributed by atoms with Gasteiger partial charge in [-0.3, -0.25) is 4.79 Å². The van der Waals surface area contributed by atoms with Crippen LogP contribution in [0.2, 0.25) is 0 Å². The number of methoxy groups -OCH3 is 1. The maximum absolute atomic E-state index is 13.1. The van der Waals surface area contributed by atoms with Gasteiger partial charge in [0.2, 0.25) is 10.0 Å². The van der Waals surface area contributed by atoms with Gasteiger partial charge in [-0.15, -0.1) is 0 Å². The summed E-state index contributed by atoms with van der Waals surface area (Å²) in [6, 6.07) is 12.0. The molecule has 1 amide bonds. The summed E-state index contributed by atoms with van der Waals surface area (Å²) >= 11 is 0. The van der Waals surface area contributed by atoms with Gasteiger partial charge in [0.1, 0.15) is 17.6 Å². The summed E-state index contributed by atoms with van der Waals surface area (Å²) in [6.07, 6.45) is 1.80. The Hall–Kier alpha value is -2.62. The number of carbonyl (C=O) groups excluding carboxylic acids is 1. The molecule has 2 aromatic rings. The Balaban J connectivity index is 1.76. The summed E-state index contributed by atoms with van der Waals surface area (Å²) in [5.41, 5.74) is 1.17. The first kappa shape index (κ1) is 26.0. The molecular weight excluding hydrogens is 456 g/mol. The second-order valence-electron chi connectivity index (χ2n) is 8.58. The van der Waals surface area contributed by atoms with Crippen molar-refractivity contribution >= 4 is 21.6 Å². The third-order valence-corrected chi connectivity index (χ3v) is 7.42. The van der Waals surface area contributed by atoms with E-state index in [0.717, 1.165) is 24.8 Å². The van der Waals surface area contributed by atoms with Gasteiger partial charge in [-0.1, -0.05) is 18.6 Å². The van der Waals surface area contributed by atoms with Crippen LogP contribution in [0.3, 0.4) is 0 Å². The molecule has 0 spiro atoms. The third-order valence-electron chi connectivity index (χ3n) is 5.53.